The molecule has 0 bridgehead atoms. The van der Waals surface area contributed by atoms with E-state index < -0.39 is 9.84 Å². The second kappa shape index (κ2) is 10.6. The zero-order valence-corrected chi connectivity index (χ0v) is 15.5. The number of anilines is 2. The number of hydrogen-bond donors (Lipinski definition) is 1. The average molecular weight is 383 g/mol. The Kier molecular flexibility index (Phi) is 9.17. The highest BCUT2D eigenvalue weighted by atomic mass is 32.2. The van der Waals surface area contributed by atoms with Gasteiger partial charge in [-0.05, 0) is 6.92 Å². The molecule has 0 aliphatic carbocycles. The molecule has 0 aliphatic heterocycles. The van der Waals surface area contributed by atoms with Crippen molar-refractivity contribution >= 4 is 34.1 Å². The van der Waals surface area contributed by atoms with Gasteiger partial charge in [-0.3, -0.25) is 4.18 Å². The lowest BCUT2D eigenvalue weighted by atomic mass is 10.6. The van der Waals surface area contributed by atoms with Gasteiger partial charge in [0, 0.05) is 20.6 Å². The lowest BCUT2D eigenvalue weighted by molar-refractivity contribution is -0.449. The van der Waals surface area contributed by atoms with Crippen molar-refractivity contribution < 1.29 is 26.9 Å². The predicted octanol–water partition coefficient (Wildman–Crippen LogP) is 0.162. The molecule has 0 unspecified atom stereocenters. The van der Waals surface area contributed by atoms with E-state index in [9.17, 15) is 8.42 Å². The van der Waals surface area contributed by atoms with Crippen LogP contribution < -0.4 is 10.2 Å². The van der Waals surface area contributed by atoms with E-state index in [1.165, 1.54) is 7.11 Å². The summed E-state index contributed by atoms with van der Waals surface area (Å²) < 4.78 is 33.1. The maximum absolute atomic E-state index is 12.0. The van der Waals surface area contributed by atoms with Gasteiger partial charge in [0.05, 0.1) is 25.2 Å². The predicted molar refractivity (Wildman–Crippen MR) is 88.8 cm³/mol. The molecule has 24 heavy (non-hydrogen) atoms. The summed E-state index contributed by atoms with van der Waals surface area (Å²) in [5.41, 5.74) is 0. The van der Waals surface area contributed by atoms with E-state index >= 15 is 0 Å². The molecule has 13 heteroatoms. The molecular formula is C11H21N5O6S2. The molecule has 0 amide bonds. The molecule has 0 radical (unpaired) electrons. The standard InChI is InChI=1S/C11H21N5O6S2/c1-9-13-10(12-2)15-11(14-9)16(3)5-7-24(17,18)8-6-20-23-22-21-19-4/h5-8H2,1-4H3,(H,12,13,14,15). The van der Waals surface area contributed by atoms with Crippen molar-refractivity contribution in [3.05, 3.63) is 5.82 Å². The highest BCUT2D eigenvalue weighted by Crippen LogP contribution is 2.09. The minimum absolute atomic E-state index is 0.0431. The zero-order valence-electron chi connectivity index (χ0n) is 13.9. The van der Waals surface area contributed by atoms with Crippen LogP contribution in [0, 0.1) is 6.92 Å². The van der Waals surface area contributed by atoms with E-state index in [4.69, 9.17) is 4.18 Å². The summed E-state index contributed by atoms with van der Waals surface area (Å²) in [4.78, 5) is 18.3. The molecule has 0 fully saturated rings. The normalized spacial score (nSPS) is 11.5. The molecule has 11 nitrogen and oxygen atoms in total. The highest BCUT2D eigenvalue weighted by molar-refractivity contribution is 7.91. The summed E-state index contributed by atoms with van der Waals surface area (Å²) in [7, 11) is 1.37. The van der Waals surface area contributed by atoms with Gasteiger partial charge in [0.2, 0.25) is 11.9 Å². The van der Waals surface area contributed by atoms with E-state index in [1.54, 1.807) is 25.9 Å². The van der Waals surface area contributed by atoms with Crippen LogP contribution >= 0.6 is 12.3 Å². The van der Waals surface area contributed by atoms with Crippen LogP contribution in [0.1, 0.15) is 5.82 Å². The van der Waals surface area contributed by atoms with E-state index in [2.05, 4.69) is 34.5 Å². The summed E-state index contributed by atoms with van der Waals surface area (Å²) in [6, 6.07) is 0. The fourth-order valence-electron chi connectivity index (χ4n) is 1.48. The largest absolute Gasteiger partial charge is 0.357 e. The van der Waals surface area contributed by atoms with Crippen LogP contribution in [0.5, 0.6) is 0 Å². The van der Waals surface area contributed by atoms with E-state index in [0.717, 1.165) is 0 Å². The van der Waals surface area contributed by atoms with E-state index in [0.29, 0.717) is 30.0 Å². The van der Waals surface area contributed by atoms with Crippen molar-refractivity contribution in [3.63, 3.8) is 0 Å². The Bertz CT molecular complexity index is 603. The molecule has 1 aromatic heterocycles. The van der Waals surface area contributed by atoms with Crippen molar-refractivity contribution in [2.24, 2.45) is 0 Å². The van der Waals surface area contributed by atoms with Crippen LogP contribution in [0.25, 0.3) is 0 Å². The van der Waals surface area contributed by atoms with Gasteiger partial charge < -0.3 is 10.2 Å². The third kappa shape index (κ3) is 8.03. The van der Waals surface area contributed by atoms with E-state index in [1.807, 2.05) is 0 Å². The van der Waals surface area contributed by atoms with Crippen LogP contribution in [-0.2, 0) is 28.3 Å². The van der Waals surface area contributed by atoms with Crippen molar-refractivity contribution in [2.75, 3.05) is 56.1 Å². The van der Waals surface area contributed by atoms with Gasteiger partial charge in [0.25, 0.3) is 0 Å². The first-order valence-electron chi connectivity index (χ1n) is 6.85. The van der Waals surface area contributed by atoms with Gasteiger partial charge >= 0.3 is 0 Å². The van der Waals surface area contributed by atoms with Gasteiger partial charge in [-0.2, -0.15) is 15.0 Å². The lowest BCUT2D eigenvalue weighted by Crippen LogP contribution is -2.29. The number of nitrogens with zero attached hydrogens (tertiary/aromatic N) is 4. The van der Waals surface area contributed by atoms with Crippen molar-refractivity contribution in [2.45, 2.75) is 6.92 Å². The van der Waals surface area contributed by atoms with Crippen LogP contribution in [0.3, 0.4) is 0 Å². The van der Waals surface area contributed by atoms with Gasteiger partial charge in [-0.25, -0.2) is 13.3 Å². The molecule has 1 heterocycles. The minimum atomic E-state index is -3.30. The Balaban J connectivity index is 2.42. The Morgan fingerprint density at radius 1 is 1.25 bits per heavy atom. The number of aryl methyl sites for hydroxylation is 1. The zero-order chi connectivity index (χ0) is 18.0. The van der Waals surface area contributed by atoms with E-state index in [-0.39, 0.29) is 24.7 Å². The molecule has 0 aliphatic rings. The number of rotatable bonds is 12. The maximum atomic E-state index is 12.0. The topological polar surface area (TPSA) is 125 Å². The SMILES string of the molecule is CNc1nc(C)nc(N(C)CCS(=O)(=O)CCOSOOOC)n1. The minimum Gasteiger partial charge on any atom is -0.357 e. The summed E-state index contributed by atoms with van der Waals surface area (Å²) in [6.45, 7) is 1.94. The molecule has 1 N–H and O–H groups in total. The average Bonchev–Trinajstić information content (AvgIpc) is 2.55. The first-order chi connectivity index (χ1) is 11.4. The van der Waals surface area contributed by atoms with Crippen molar-refractivity contribution in [1.82, 2.24) is 15.0 Å². The van der Waals surface area contributed by atoms with Gasteiger partial charge in [0.15, 0.2) is 22.2 Å². The first kappa shape index (κ1) is 20.8. The molecule has 0 atom stereocenters. The van der Waals surface area contributed by atoms with Gasteiger partial charge in [-0.15, -0.1) is 4.33 Å². The summed E-state index contributed by atoms with van der Waals surface area (Å²) in [6.07, 6.45) is 0. The molecule has 1 rings (SSSR count). The Morgan fingerprint density at radius 2 is 2.00 bits per heavy atom. The van der Waals surface area contributed by atoms with Crippen molar-refractivity contribution in [3.8, 4) is 0 Å². The number of nitrogens with one attached hydrogen (secondary N) is 1. The summed E-state index contributed by atoms with van der Waals surface area (Å²) >= 11 is 0.489. The lowest BCUT2D eigenvalue weighted by Gasteiger charge is -2.17. The molecule has 0 aromatic carbocycles. The number of aromatic nitrogens is 3. The molecule has 1 aromatic rings. The summed E-state index contributed by atoms with van der Waals surface area (Å²) in [5.74, 6) is 1.16. The second-order valence-electron chi connectivity index (χ2n) is 4.52. The molecular weight excluding hydrogens is 362 g/mol. The highest BCUT2D eigenvalue weighted by Gasteiger charge is 2.15. The molecule has 0 saturated heterocycles. The van der Waals surface area contributed by atoms with Gasteiger partial charge in [-0.1, -0.05) is 5.04 Å². The van der Waals surface area contributed by atoms with Crippen LogP contribution in [0.2, 0.25) is 0 Å². The quantitative estimate of drug-likeness (QED) is 0.229. The molecule has 0 saturated carbocycles. The Hall–Kier alpha value is -1.25. The maximum Gasteiger partial charge on any atom is 0.230 e. The van der Waals surface area contributed by atoms with Crippen molar-refractivity contribution in [1.29, 1.82) is 0 Å². The number of hydrogen-bond acceptors (Lipinski definition) is 12. The third-order valence-corrected chi connectivity index (χ3v) is 4.65. The fourth-order valence-corrected chi connectivity index (χ4v) is 2.95. The Morgan fingerprint density at radius 3 is 2.67 bits per heavy atom. The first-order valence-corrected chi connectivity index (χ1v) is 9.34. The summed E-state index contributed by atoms with van der Waals surface area (Å²) in [5, 5.41) is 6.91. The van der Waals surface area contributed by atoms with Crippen LogP contribution in [-0.4, -0.2) is 69.2 Å². The smallest absolute Gasteiger partial charge is 0.230 e. The van der Waals surface area contributed by atoms with Crippen LogP contribution in [0.15, 0.2) is 0 Å². The fraction of sp³-hybridized carbons (Fsp3) is 0.727. The number of sulfone groups is 1. The van der Waals surface area contributed by atoms with Gasteiger partial charge in [0.1, 0.15) is 5.82 Å². The molecule has 138 valence electrons. The second-order valence-corrected chi connectivity index (χ2v) is 7.33. The third-order valence-electron chi connectivity index (χ3n) is 2.69. The van der Waals surface area contributed by atoms with Crippen LogP contribution in [0.4, 0.5) is 11.9 Å². The molecule has 0 spiro atoms. The monoisotopic (exact) mass is 383 g/mol. The Labute approximate surface area is 145 Å².